The van der Waals surface area contributed by atoms with Crippen LogP contribution in [0.4, 0.5) is 0 Å². The second-order valence-corrected chi connectivity index (χ2v) is 12.1. The number of benzene rings is 1. The summed E-state index contributed by atoms with van der Waals surface area (Å²) < 4.78 is 63.1. The number of aromatic nitrogens is 1. The molecule has 2 fully saturated rings. The molecule has 32 heavy (non-hydrogen) atoms. The van der Waals surface area contributed by atoms with Crippen molar-refractivity contribution in [2.45, 2.75) is 28.5 Å². The normalized spacial score (nSPS) is 23.8. The second kappa shape index (κ2) is 9.16. The minimum atomic E-state index is -3.71. The Balaban J connectivity index is 1.50. The van der Waals surface area contributed by atoms with E-state index >= 15 is 0 Å². The third-order valence-electron chi connectivity index (χ3n) is 5.60. The lowest BCUT2D eigenvalue weighted by molar-refractivity contribution is -0.257. The van der Waals surface area contributed by atoms with Crippen molar-refractivity contribution in [1.82, 2.24) is 14.2 Å². The molecule has 2 aliphatic rings. The molecule has 0 bridgehead atoms. The zero-order valence-electron chi connectivity index (χ0n) is 17.9. The highest BCUT2D eigenvalue weighted by atomic mass is 32.2. The molecule has 3 heterocycles. The van der Waals surface area contributed by atoms with Crippen LogP contribution in [0.5, 0.6) is 0 Å². The van der Waals surface area contributed by atoms with Crippen molar-refractivity contribution in [3.63, 3.8) is 0 Å². The third-order valence-corrected chi connectivity index (χ3v) is 8.56. The molecule has 1 spiro atoms. The van der Waals surface area contributed by atoms with Gasteiger partial charge >= 0.3 is 0 Å². The fourth-order valence-corrected chi connectivity index (χ4v) is 6.07. The number of hydrogen-bond acceptors (Lipinski definition) is 8. The molecule has 11 heteroatoms. The molecular weight excluding hydrogens is 454 g/mol. The monoisotopic (exact) mass is 481 g/mol. The van der Waals surface area contributed by atoms with E-state index in [0.717, 1.165) is 18.5 Å². The van der Waals surface area contributed by atoms with E-state index in [4.69, 9.17) is 9.47 Å². The Morgan fingerprint density at radius 3 is 2.41 bits per heavy atom. The number of hydrogen-bond donors (Lipinski definition) is 0. The molecule has 0 saturated carbocycles. The highest BCUT2D eigenvalue weighted by Gasteiger charge is 2.44. The average molecular weight is 482 g/mol. The Labute approximate surface area is 188 Å². The lowest BCUT2D eigenvalue weighted by Crippen LogP contribution is -2.59. The smallest absolute Gasteiger partial charge is 0.244 e. The molecule has 2 saturated heterocycles. The van der Waals surface area contributed by atoms with Crippen LogP contribution in [0.2, 0.25) is 0 Å². The van der Waals surface area contributed by atoms with Crippen LogP contribution in [-0.2, 0) is 35.9 Å². The van der Waals surface area contributed by atoms with Gasteiger partial charge in [-0.25, -0.2) is 16.8 Å². The van der Waals surface area contributed by atoms with E-state index in [1.54, 1.807) is 30.3 Å². The maximum absolute atomic E-state index is 13.1. The van der Waals surface area contributed by atoms with E-state index in [0.29, 0.717) is 19.7 Å². The van der Waals surface area contributed by atoms with E-state index in [9.17, 15) is 16.8 Å². The zero-order valence-corrected chi connectivity index (χ0v) is 19.5. The number of rotatable bonds is 5. The lowest BCUT2D eigenvalue weighted by Gasteiger charge is -2.42. The van der Waals surface area contributed by atoms with Crippen molar-refractivity contribution < 1.29 is 26.3 Å². The summed E-state index contributed by atoms with van der Waals surface area (Å²) in [6, 6.07) is 9.94. The molecule has 0 radical (unpaired) electrons. The van der Waals surface area contributed by atoms with Crippen LogP contribution in [-0.4, -0.2) is 82.5 Å². The lowest BCUT2D eigenvalue weighted by atomic mass is 10.1. The number of nitrogens with zero attached hydrogens (tertiary/aromatic N) is 3. The van der Waals surface area contributed by atoms with Crippen molar-refractivity contribution in [1.29, 1.82) is 0 Å². The molecule has 4 rings (SSSR count). The zero-order chi connectivity index (χ0) is 22.8. The first-order valence-corrected chi connectivity index (χ1v) is 13.7. The number of sulfonamides is 1. The third kappa shape index (κ3) is 5.19. The molecule has 9 nitrogen and oxygen atoms in total. The molecule has 174 valence electrons. The van der Waals surface area contributed by atoms with Crippen LogP contribution in [0.3, 0.4) is 0 Å². The summed E-state index contributed by atoms with van der Waals surface area (Å²) in [6.07, 6.45) is 4.85. The van der Waals surface area contributed by atoms with E-state index in [1.165, 1.54) is 29.0 Å². The molecule has 0 aliphatic carbocycles. The van der Waals surface area contributed by atoms with Crippen LogP contribution >= 0.6 is 0 Å². The molecule has 0 N–H and O–H groups in total. The van der Waals surface area contributed by atoms with Crippen molar-refractivity contribution in [2.75, 3.05) is 45.6 Å². The number of morpholine rings is 1. The summed E-state index contributed by atoms with van der Waals surface area (Å²) in [5.41, 5.74) is 0.963. The topological polar surface area (TPSA) is 106 Å². The van der Waals surface area contributed by atoms with E-state index < -0.39 is 25.6 Å². The molecule has 1 aromatic carbocycles. The largest absolute Gasteiger partial charge is 0.347 e. The van der Waals surface area contributed by atoms with Gasteiger partial charge in [-0.05, 0) is 36.2 Å². The van der Waals surface area contributed by atoms with Gasteiger partial charge < -0.3 is 9.47 Å². The highest BCUT2D eigenvalue weighted by molar-refractivity contribution is 7.90. The fraction of sp³-hybridized carbons (Fsp3) is 0.476. The Morgan fingerprint density at radius 2 is 1.72 bits per heavy atom. The van der Waals surface area contributed by atoms with Crippen LogP contribution < -0.4 is 0 Å². The predicted molar refractivity (Wildman–Crippen MR) is 117 cm³/mol. The minimum Gasteiger partial charge on any atom is -0.347 e. The van der Waals surface area contributed by atoms with Gasteiger partial charge in [-0.3, -0.25) is 9.88 Å². The average Bonchev–Trinajstić information content (AvgIpc) is 2.96. The molecule has 0 amide bonds. The maximum Gasteiger partial charge on any atom is 0.244 e. The molecule has 1 aromatic heterocycles. The molecule has 1 unspecified atom stereocenters. The van der Waals surface area contributed by atoms with Gasteiger partial charge in [0, 0.05) is 38.3 Å². The van der Waals surface area contributed by atoms with Crippen molar-refractivity contribution >= 4 is 19.9 Å². The van der Waals surface area contributed by atoms with Gasteiger partial charge in [-0.15, -0.1) is 0 Å². The Bertz CT molecular complexity index is 1140. The van der Waals surface area contributed by atoms with Crippen LogP contribution in [0.15, 0.2) is 58.6 Å². The van der Waals surface area contributed by atoms with E-state index in [1.807, 2.05) is 0 Å². The molecular formula is C21H27N3O6S2. The number of ether oxygens (including phenoxy) is 2. The highest BCUT2D eigenvalue weighted by Crippen LogP contribution is 2.28. The quantitative estimate of drug-likeness (QED) is 0.626. The SMILES string of the molecule is CS(=O)(=O)c1ccc(CN2CCCOC3(C2)CN(S(=O)(=O)c2cccnc2)CCO3)cc1. The molecule has 1 atom stereocenters. The Kier molecular flexibility index (Phi) is 6.66. The van der Waals surface area contributed by atoms with Gasteiger partial charge in [0.1, 0.15) is 4.90 Å². The van der Waals surface area contributed by atoms with Crippen molar-refractivity contribution in [3.8, 4) is 0 Å². The van der Waals surface area contributed by atoms with Gasteiger partial charge in [0.05, 0.1) is 31.2 Å². The summed E-state index contributed by atoms with van der Waals surface area (Å²) in [4.78, 5) is 6.51. The summed E-state index contributed by atoms with van der Waals surface area (Å²) in [6.45, 7) is 2.77. The summed E-state index contributed by atoms with van der Waals surface area (Å²) in [5.74, 6) is -1.06. The van der Waals surface area contributed by atoms with Crippen molar-refractivity contribution in [3.05, 3.63) is 54.4 Å². The van der Waals surface area contributed by atoms with Crippen molar-refractivity contribution in [2.24, 2.45) is 0 Å². The summed E-state index contributed by atoms with van der Waals surface area (Å²) in [5, 5.41) is 0. The number of sulfone groups is 1. The van der Waals surface area contributed by atoms with E-state index in [2.05, 4.69) is 9.88 Å². The number of pyridine rings is 1. The Hall–Kier alpha value is -1.89. The van der Waals surface area contributed by atoms with Crippen LogP contribution in [0, 0.1) is 0 Å². The standard InChI is InChI=1S/C21H27N3O6S2/c1-31(25,26)19-7-5-18(6-8-19)15-23-10-3-12-29-21(16-23)17-24(11-13-30-21)32(27,28)20-4-2-9-22-14-20/h2,4-9,14H,3,10-13,15-17H2,1H3. The second-order valence-electron chi connectivity index (χ2n) is 8.12. The maximum atomic E-state index is 13.1. The van der Waals surface area contributed by atoms with Gasteiger partial charge in [-0.1, -0.05) is 12.1 Å². The van der Waals surface area contributed by atoms with Gasteiger partial charge in [0.15, 0.2) is 15.6 Å². The minimum absolute atomic E-state index is 0.0910. The summed E-state index contributed by atoms with van der Waals surface area (Å²) in [7, 11) is -6.95. The van der Waals surface area contributed by atoms with Crippen LogP contribution in [0.25, 0.3) is 0 Å². The molecule has 2 aromatic rings. The van der Waals surface area contributed by atoms with E-state index in [-0.39, 0.29) is 29.5 Å². The van der Waals surface area contributed by atoms with Gasteiger partial charge in [0.25, 0.3) is 0 Å². The first-order chi connectivity index (χ1) is 15.2. The van der Waals surface area contributed by atoms with Crippen LogP contribution in [0.1, 0.15) is 12.0 Å². The first-order valence-electron chi connectivity index (χ1n) is 10.4. The fourth-order valence-electron chi connectivity index (χ4n) is 4.01. The van der Waals surface area contributed by atoms with Gasteiger partial charge in [0.2, 0.25) is 10.0 Å². The Morgan fingerprint density at radius 1 is 0.969 bits per heavy atom. The summed E-state index contributed by atoms with van der Waals surface area (Å²) >= 11 is 0. The first kappa shape index (κ1) is 23.3. The van der Waals surface area contributed by atoms with Gasteiger partial charge in [-0.2, -0.15) is 4.31 Å². The molecule has 2 aliphatic heterocycles. The predicted octanol–water partition coefficient (Wildman–Crippen LogP) is 1.12.